The Bertz CT molecular complexity index is 483. The Morgan fingerprint density at radius 1 is 1.52 bits per heavy atom. The molecule has 3 N–H and O–H groups in total. The van der Waals surface area contributed by atoms with Gasteiger partial charge >= 0.3 is 0 Å². The second-order valence-corrected chi connectivity index (χ2v) is 6.20. The summed E-state index contributed by atoms with van der Waals surface area (Å²) in [4.78, 5) is 16.6. The summed E-state index contributed by atoms with van der Waals surface area (Å²) in [5.74, 6) is 0.654. The molecule has 0 aliphatic carbocycles. The number of anilines is 2. The standard InChI is InChI=1S/C16H26N4O/c1-12-5-4-6-14(17)16(12)18-15(21)11-20(3)10-13-7-8-19(2)9-13/h4-6,13H,7-11,17H2,1-3H3,(H,18,21). The van der Waals surface area contributed by atoms with Crippen molar-refractivity contribution in [2.45, 2.75) is 13.3 Å². The molecule has 116 valence electrons. The number of benzene rings is 1. The number of aryl methyl sites for hydroxylation is 1. The van der Waals surface area contributed by atoms with Crippen molar-refractivity contribution in [1.29, 1.82) is 0 Å². The molecule has 2 rings (SSSR count). The number of para-hydroxylation sites is 1. The first-order chi connectivity index (χ1) is 9.95. The van der Waals surface area contributed by atoms with Gasteiger partial charge in [0.2, 0.25) is 5.91 Å². The summed E-state index contributed by atoms with van der Waals surface area (Å²) in [7, 11) is 4.15. The lowest BCUT2D eigenvalue weighted by molar-refractivity contribution is -0.117. The molecule has 0 radical (unpaired) electrons. The van der Waals surface area contributed by atoms with Gasteiger partial charge in [0.05, 0.1) is 17.9 Å². The van der Waals surface area contributed by atoms with Crippen molar-refractivity contribution in [2.24, 2.45) is 5.92 Å². The van der Waals surface area contributed by atoms with Crippen molar-refractivity contribution < 1.29 is 4.79 Å². The second-order valence-electron chi connectivity index (χ2n) is 6.20. The fourth-order valence-electron chi connectivity index (χ4n) is 2.97. The highest BCUT2D eigenvalue weighted by Gasteiger charge is 2.21. The average molecular weight is 290 g/mol. The van der Waals surface area contributed by atoms with Gasteiger partial charge in [-0.25, -0.2) is 0 Å². The number of carbonyl (C=O) groups is 1. The van der Waals surface area contributed by atoms with Crippen molar-refractivity contribution in [3.05, 3.63) is 23.8 Å². The molecule has 1 amide bonds. The summed E-state index contributed by atoms with van der Waals surface area (Å²) >= 11 is 0. The zero-order chi connectivity index (χ0) is 15.4. The Morgan fingerprint density at radius 2 is 2.29 bits per heavy atom. The highest BCUT2D eigenvalue weighted by Crippen LogP contribution is 2.22. The van der Waals surface area contributed by atoms with Crippen LogP contribution in [0.2, 0.25) is 0 Å². The second kappa shape index (κ2) is 6.91. The molecule has 21 heavy (non-hydrogen) atoms. The van der Waals surface area contributed by atoms with E-state index in [1.807, 2.05) is 26.1 Å². The Labute approximate surface area is 127 Å². The van der Waals surface area contributed by atoms with E-state index in [1.165, 1.54) is 6.42 Å². The van der Waals surface area contributed by atoms with Crippen LogP contribution in [0.1, 0.15) is 12.0 Å². The molecule has 1 fully saturated rings. The molecule has 1 aliphatic rings. The number of nitrogens with two attached hydrogens (primary N) is 1. The lowest BCUT2D eigenvalue weighted by atomic mass is 10.1. The number of likely N-dealkylation sites (tertiary alicyclic amines) is 1. The van der Waals surface area contributed by atoms with Gasteiger partial charge in [0, 0.05) is 13.1 Å². The molecule has 0 aromatic heterocycles. The molecule has 1 atom stereocenters. The van der Waals surface area contributed by atoms with Crippen molar-refractivity contribution in [3.63, 3.8) is 0 Å². The van der Waals surface area contributed by atoms with Crippen LogP contribution < -0.4 is 11.1 Å². The number of rotatable bonds is 5. The first-order valence-electron chi connectivity index (χ1n) is 7.47. The summed E-state index contributed by atoms with van der Waals surface area (Å²) in [6.07, 6.45) is 1.22. The van der Waals surface area contributed by atoms with Gasteiger partial charge in [0.15, 0.2) is 0 Å². The minimum Gasteiger partial charge on any atom is -0.397 e. The number of hydrogen-bond donors (Lipinski definition) is 2. The summed E-state index contributed by atoms with van der Waals surface area (Å²) < 4.78 is 0. The number of nitrogens with zero attached hydrogens (tertiary/aromatic N) is 2. The summed E-state index contributed by atoms with van der Waals surface area (Å²) in [6, 6.07) is 5.65. The van der Waals surface area contributed by atoms with E-state index < -0.39 is 0 Å². The molecular weight excluding hydrogens is 264 g/mol. The predicted octanol–water partition coefficient (Wildman–Crippen LogP) is 1.40. The molecule has 1 aliphatic heterocycles. The highest BCUT2D eigenvalue weighted by molar-refractivity contribution is 5.96. The van der Waals surface area contributed by atoms with Crippen LogP contribution in [0, 0.1) is 12.8 Å². The summed E-state index contributed by atoms with van der Waals surface area (Å²) in [6.45, 7) is 5.58. The van der Waals surface area contributed by atoms with Crippen LogP contribution >= 0.6 is 0 Å². The minimum absolute atomic E-state index is 0.00940. The molecular formula is C16H26N4O. The van der Waals surface area contributed by atoms with Crippen molar-refractivity contribution >= 4 is 17.3 Å². The maximum absolute atomic E-state index is 12.1. The number of nitrogens with one attached hydrogen (secondary N) is 1. The van der Waals surface area contributed by atoms with E-state index in [2.05, 4.69) is 22.2 Å². The Balaban J connectivity index is 1.84. The fourth-order valence-corrected chi connectivity index (χ4v) is 2.97. The van der Waals surface area contributed by atoms with Gasteiger partial charge in [-0.1, -0.05) is 12.1 Å². The fraction of sp³-hybridized carbons (Fsp3) is 0.562. The molecule has 1 saturated heterocycles. The van der Waals surface area contributed by atoms with Gasteiger partial charge in [-0.05, 0) is 51.5 Å². The van der Waals surface area contributed by atoms with Crippen LogP contribution in [-0.2, 0) is 4.79 Å². The van der Waals surface area contributed by atoms with Gasteiger partial charge in [-0.2, -0.15) is 0 Å². The van der Waals surface area contributed by atoms with Gasteiger partial charge in [-0.3, -0.25) is 9.69 Å². The van der Waals surface area contributed by atoms with Crippen molar-refractivity contribution in [3.8, 4) is 0 Å². The van der Waals surface area contributed by atoms with E-state index >= 15 is 0 Å². The molecule has 0 saturated carbocycles. The molecule has 5 nitrogen and oxygen atoms in total. The third kappa shape index (κ3) is 4.44. The molecule has 0 spiro atoms. The minimum atomic E-state index is -0.00940. The zero-order valence-corrected chi connectivity index (χ0v) is 13.2. The molecule has 5 heteroatoms. The maximum Gasteiger partial charge on any atom is 0.238 e. The van der Waals surface area contributed by atoms with Crippen LogP contribution in [0.5, 0.6) is 0 Å². The first-order valence-corrected chi connectivity index (χ1v) is 7.47. The summed E-state index contributed by atoms with van der Waals surface area (Å²) in [5, 5.41) is 2.93. The number of likely N-dealkylation sites (N-methyl/N-ethyl adjacent to an activating group) is 1. The predicted molar refractivity (Wildman–Crippen MR) is 87.3 cm³/mol. The maximum atomic E-state index is 12.1. The lowest BCUT2D eigenvalue weighted by Crippen LogP contribution is -2.34. The van der Waals surface area contributed by atoms with Crippen molar-refractivity contribution in [1.82, 2.24) is 9.80 Å². The monoisotopic (exact) mass is 290 g/mol. The SMILES string of the molecule is Cc1cccc(N)c1NC(=O)CN(C)CC1CCN(C)C1. The lowest BCUT2D eigenvalue weighted by Gasteiger charge is -2.21. The smallest absolute Gasteiger partial charge is 0.238 e. The van der Waals surface area contributed by atoms with E-state index in [0.717, 1.165) is 30.9 Å². The van der Waals surface area contributed by atoms with E-state index in [9.17, 15) is 4.79 Å². The normalized spacial score (nSPS) is 19.1. The van der Waals surface area contributed by atoms with E-state index in [1.54, 1.807) is 6.07 Å². The van der Waals surface area contributed by atoms with Crippen LogP contribution in [0.3, 0.4) is 0 Å². The van der Waals surface area contributed by atoms with E-state index in [4.69, 9.17) is 5.73 Å². The van der Waals surface area contributed by atoms with Crippen LogP contribution in [0.15, 0.2) is 18.2 Å². The van der Waals surface area contributed by atoms with Crippen LogP contribution in [-0.4, -0.2) is 56.0 Å². The van der Waals surface area contributed by atoms with E-state index in [0.29, 0.717) is 18.2 Å². The highest BCUT2D eigenvalue weighted by atomic mass is 16.2. The van der Waals surface area contributed by atoms with Crippen LogP contribution in [0.25, 0.3) is 0 Å². The molecule has 1 aromatic rings. The number of carbonyl (C=O) groups excluding carboxylic acids is 1. The molecule has 0 bridgehead atoms. The number of nitrogen functional groups attached to an aromatic ring is 1. The quantitative estimate of drug-likeness (QED) is 0.805. The summed E-state index contributed by atoms with van der Waals surface area (Å²) in [5.41, 5.74) is 8.25. The number of amides is 1. The largest absolute Gasteiger partial charge is 0.397 e. The molecule has 1 heterocycles. The van der Waals surface area contributed by atoms with Gasteiger partial charge in [0.1, 0.15) is 0 Å². The average Bonchev–Trinajstić information content (AvgIpc) is 2.79. The topological polar surface area (TPSA) is 61.6 Å². The first kappa shape index (κ1) is 15.8. The molecule has 1 unspecified atom stereocenters. The van der Waals surface area contributed by atoms with E-state index in [-0.39, 0.29) is 5.91 Å². The third-order valence-corrected chi connectivity index (χ3v) is 4.04. The third-order valence-electron chi connectivity index (χ3n) is 4.04. The Kier molecular flexibility index (Phi) is 5.20. The van der Waals surface area contributed by atoms with Gasteiger partial charge in [0.25, 0.3) is 0 Å². The van der Waals surface area contributed by atoms with Gasteiger partial charge in [-0.15, -0.1) is 0 Å². The Hall–Kier alpha value is -1.59. The zero-order valence-electron chi connectivity index (χ0n) is 13.2. The number of hydrogen-bond acceptors (Lipinski definition) is 4. The van der Waals surface area contributed by atoms with Crippen LogP contribution in [0.4, 0.5) is 11.4 Å². The van der Waals surface area contributed by atoms with Gasteiger partial charge < -0.3 is 16.0 Å². The molecule has 1 aromatic carbocycles. The van der Waals surface area contributed by atoms with Crippen molar-refractivity contribution in [2.75, 3.05) is 51.3 Å². The Morgan fingerprint density at radius 3 is 2.90 bits per heavy atom.